The molecule has 0 spiro atoms. The minimum atomic E-state index is -4.53. The minimum Gasteiger partial charge on any atom is -0.306 e. The number of fused-ring (bicyclic) bond motifs is 1. The second kappa shape index (κ2) is 3.76. The van der Waals surface area contributed by atoms with Crippen molar-refractivity contribution < 1.29 is 18.0 Å². The van der Waals surface area contributed by atoms with Crippen LogP contribution in [0.5, 0.6) is 0 Å². The number of hydrogen-bond donors (Lipinski definition) is 2. The molecule has 0 bridgehead atoms. The Hall–Kier alpha value is -2.05. The summed E-state index contributed by atoms with van der Waals surface area (Å²) in [5.41, 5.74) is 0.201. The van der Waals surface area contributed by atoms with Gasteiger partial charge in [-0.3, -0.25) is 4.79 Å². The molecule has 90 valence electrons. The van der Waals surface area contributed by atoms with E-state index in [4.69, 9.17) is 0 Å². The van der Waals surface area contributed by atoms with E-state index in [9.17, 15) is 22.8 Å². The summed E-state index contributed by atoms with van der Waals surface area (Å²) in [5, 5.41) is 0. The molecule has 2 N–H and O–H groups in total. The van der Waals surface area contributed by atoms with Gasteiger partial charge >= 0.3 is 11.9 Å². The number of aromatic nitrogens is 2. The molecular formula is C10H7F3N2O2. The second-order valence-electron chi connectivity index (χ2n) is 3.55. The predicted octanol–water partition coefficient (Wildman–Crippen LogP) is 1.99. The van der Waals surface area contributed by atoms with E-state index in [-0.39, 0.29) is 5.56 Å². The highest BCUT2D eigenvalue weighted by molar-refractivity contribution is 5.99. The zero-order chi connectivity index (χ0) is 12.6. The quantitative estimate of drug-likeness (QED) is 0.793. The lowest BCUT2D eigenvalue weighted by atomic mass is 10.1. The average Bonchev–Trinajstić information content (AvgIpc) is 2.53. The van der Waals surface area contributed by atoms with Crippen LogP contribution in [0.15, 0.2) is 23.0 Å². The van der Waals surface area contributed by atoms with E-state index in [2.05, 4.69) is 9.97 Å². The number of benzene rings is 1. The Labute approximate surface area is 92.5 Å². The molecule has 7 heteroatoms. The Kier molecular flexibility index (Phi) is 2.53. The van der Waals surface area contributed by atoms with Gasteiger partial charge < -0.3 is 9.97 Å². The highest BCUT2D eigenvalue weighted by Crippen LogP contribution is 2.22. The molecule has 0 aliphatic carbocycles. The third-order valence-corrected chi connectivity index (χ3v) is 2.20. The first-order valence-electron chi connectivity index (χ1n) is 4.67. The largest absolute Gasteiger partial charge is 0.396 e. The van der Waals surface area contributed by atoms with E-state index < -0.39 is 24.1 Å². The van der Waals surface area contributed by atoms with Crippen LogP contribution in [0.3, 0.4) is 0 Å². The average molecular weight is 244 g/mol. The number of ketones is 1. The van der Waals surface area contributed by atoms with Crippen LogP contribution in [-0.4, -0.2) is 21.9 Å². The van der Waals surface area contributed by atoms with Gasteiger partial charge in [0.25, 0.3) is 0 Å². The Balaban J connectivity index is 2.36. The van der Waals surface area contributed by atoms with Gasteiger partial charge in [0.2, 0.25) is 0 Å². The number of nitrogens with one attached hydrogen (secondary N) is 2. The molecule has 0 saturated carbocycles. The number of aromatic amines is 2. The highest BCUT2D eigenvalue weighted by Gasteiger charge is 2.31. The lowest BCUT2D eigenvalue weighted by Crippen LogP contribution is -2.14. The highest BCUT2D eigenvalue weighted by atomic mass is 19.4. The number of imidazole rings is 1. The van der Waals surface area contributed by atoms with E-state index in [1.54, 1.807) is 0 Å². The smallest absolute Gasteiger partial charge is 0.306 e. The normalized spacial score (nSPS) is 11.9. The van der Waals surface area contributed by atoms with Crippen LogP contribution in [0.1, 0.15) is 16.8 Å². The fourth-order valence-corrected chi connectivity index (χ4v) is 1.49. The molecule has 0 aliphatic heterocycles. The molecule has 1 heterocycles. The van der Waals surface area contributed by atoms with Crippen LogP contribution in [0.4, 0.5) is 13.2 Å². The Bertz CT molecular complexity index is 624. The molecule has 0 saturated heterocycles. The zero-order valence-electron chi connectivity index (χ0n) is 8.39. The summed E-state index contributed by atoms with van der Waals surface area (Å²) < 4.78 is 36.1. The summed E-state index contributed by atoms with van der Waals surface area (Å²) in [4.78, 5) is 27.0. The van der Waals surface area contributed by atoms with Crippen molar-refractivity contribution >= 4 is 16.8 Å². The minimum absolute atomic E-state index is 0.0786. The van der Waals surface area contributed by atoms with Crippen LogP contribution >= 0.6 is 0 Å². The van der Waals surface area contributed by atoms with Gasteiger partial charge in [0, 0.05) is 5.56 Å². The first-order chi connectivity index (χ1) is 7.85. The molecule has 2 rings (SSSR count). The fraction of sp³-hybridized carbons (Fsp3) is 0.200. The summed E-state index contributed by atoms with van der Waals surface area (Å²) in [6.07, 6.45) is -6.04. The lowest BCUT2D eigenvalue weighted by molar-refractivity contribution is -0.125. The van der Waals surface area contributed by atoms with Crippen LogP contribution in [0.2, 0.25) is 0 Å². The van der Waals surface area contributed by atoms with Crippen molar-refractivity contribution in [1.29, 1.82) is 0 Å². The van der Waals surface area contributed by atoms with Crippen molar-refractivity contribution in [2.24, 2.45) is 0 Å². The molecule has 0 atom stereocenters. The topological polar surface area (TPSA) is 65.7 Å². The Morgan fingerprint density at radius 3 is 2.47 bits per heavy atom. The fourth-order valence-electron chi connectivity index (χ4n) is 1.49. The van der Waals surface area contributed by atoms with Crippen molar-refractivity contribution in [3.63, 3.8) is 0 Å². The van der Waals surface area contributed by atoms with Crippen molar-refractivity contribution in [3.8, 4) is 0 Å². The molecule has 4 nitrogen and oxygen atoms in total. The lowest BCUT2D eigenvalue weighted by Gasteiger charge is -2.05. The molecule has 0 aliphatic rings. The van der Waals surface area contributed by atoms with Gasteiger partial charge in [-0.1, -0.05) is 0 Å². The third kappa shape index (κ3) is 2.55. The van der Waals surface area contributed by atoms with E-state index >= 15 is 0 Å². The predicted molar refractivity (Wildman–Crippen MR) is 53.9 cm³/mol. The van der Waals surface area contributed by atoms with Gasteiger partial charge in [0.05, 0.1) is 11.0 Å². The van der Waals surface area contributed by atoms with Gasteiger partial charge in [-0.15, -0.1) is 0 Å². The number of halogens is 3. The maximum Gasteiger partial charge on any atom is 0.396 e. The van der Waals surface area contributed by atoms with Crippen LogP contribution < -0.4 is 5.69 Å². The number of Topliss-reactive ketones (excluding diaryl/α,β-unsaturated/α-hetero) is 1. The molecule has 0 unspecified atom stereocenters. The number of carbonyl (C=O) groups is 1. The summed E-state index contributed by atoms with van der Waals surface area (Å²) in [5.74, 6) is -1.03. The first-order valence-corrected chi connectivity index (χ1v) is 4.67. The number of rotatable bonds is 2. The van der Waals surface area contributed by atoms with Crippen molar-refractivity contribution in [3.05, 3.63) is 34.2 Å². The van der Waals surface area contributed by atoms with Crippen LogP contribution in [-0.2, 0) is 0 Å². The summed E-state index contributed by atoms with van der Waals surface area (Å²) in [6, 6.07) is 3.86. The van der Waals surface area contributed by atoms with Gasteiger partial charge in [0.1, 0.15) is 6.42 Å². The van der Waals surface area contributed by atoms with E-state index in [1.165, 1.54) is 18.2 Å². The molecule has 0 amide bonds. The Morgan fingerprint density at radius 2 is 1.82 bits per heavy atom. The zero-order valence-corrected chi connectivity index (χ0v) is 8.39. The summed E-state index contributed by atoms with van der Waals surface area (Å²) >= 11 is 0. The molecule has 2 aromatic rings. The molecule has 17 heavy (non-hydrogen) atoms. The van der Waals surface area contributed by atoms with Gasteiger partial charge in [-0.2, -0.15) is 13.2 Å². The standard InChI is InChI=1S/C10H7F3N2O2/c11-10(12,13)4-8(16)5-1-2-6-7(3-5)15-9(17)14-6/h1-3H,4H2,(H2,14,15,17). The van der Waals surface area contributed by atoms with Gasteiger partial charge in [-0.25, -0.2) is 4.79 Å². The third-order valence-electron chi connectivity index (χ3n) is 2.20. The Morgan fingerprint density at radius 1 is 1.18 bits per heavy atom. The summed E-state index contributed by atoms with van der Waals surface area (Å²) in [6.45, 7) is 0. The SMILES string of the molecule is O=C(CC(F)(F)F)c1ccc2[nH]c(=O)[nH]c2c1. The van der Waals surface area contributed by atoms with Gasteiger partial charge in [0.15, 0.2) is 5.78 Å². The van der Waals surface area contributed by atoms with Crippen molar-refractivity contribution in [2.45, 2.75) is 12.6 Å². The summed E-state index contributed by atoms with van der Waals surface area (Å²) in [7, 11) is 0. The molecular weight excluding hydrogens is 237 g/mol. The van der Waals surface area contributed by atoms with Gasteiger partial charge in [-0.05, 0) is 18.2 Å². The number of hydrogen-bond acceptors (Lipinski definition) is 2. The maximum atomic E-state index is 12.0. The number of carbonyl (C=O) groups excluding carboxylic acids is 1. The number of alkyl halides is 3. The van der Waals surface area contributed by atoms with E-state index in [0.717, 1.165) is 0 Å². The van der Waals surface area contributed by atoms with Crippen molar-refractivity contribution in [2.75, 3.05) is 0 Å². The molecule has 0 radical (unpaired) electrons. The monoisotopic (exact) mass is 244 g/mol. The van der Waals surface area contributed by atoms with E-state index in [1.807, 2.05) is 0 Å². The maximum absolute atomic E-state index is 12.0. The van der Waals surface area contributed by atoms with E-state index in [0.29, 0.717) is 11.0 Å². The number of H-pyrrole nitrogens is 2. The first kappa shape index (κ1) is 11.4. The molecule has 1 aromatic carbocycles. The second-order valence-corrected chi connectivity index (χ2v) is 3.55. The van der Waals surface area contributed by atoms with Crippen LogP contribution in [0.25, 0.3) is 11.0 Å². The van der Waals surface area contributed by atoms with Crippen LogP contribution in [0, 0.1) is 0 Å². The molecule has 1 aromatic heterocycles. The van der Waals surface area contributed by atoms with Crippen molar-refractivity contribution in [1.82, 2.24) is 9.97 Å². The molecule has 0 fully saturated rings.